The van der Waals surface area contributed by atoms with Crippen LogP contribution in [-0.2, 0) is 0 Å². The molecule has 0 aromatic heterocycles. The second kappa shape index (κ2) is 8.23. The van der Waals surface area contributed by atoms with E-state index in [0.29, 0.717) is 12.8 Å². The Morgan fingerprint density at radius 1 is 1.12 bits per heavy atom. The van der Waals surface area contributed by atoms with E-state index in [1.807, 2.05) is 6.92 Å². The number of urea groups is 1. The maximum atomic E-state index is 13.1. The number of piperidine rings is 1. The van der Waals surface area contributed by atoms with Crippen molar-refractivity contribution in [3.63, 3.8) is 0 Å². The number of likely N-dealkylation sites (tertiary alicyclic amines) is 1. The van der Waals surface area contributed by atoms with E-state index in [4.69, 9.17) is 0 Å². The molecular formula is C17H28F3N3O. The molecule has 2 fully saturated rings. The fraction of sp³-hybridized carbons (Fsp3) is 0.824. The molecule has 1 heterocycles. The van der Waals surface area contributed by atoms with Crippen LogP contribution in [0.4, 0.5) is 18.0 Å². The highest BCUT2D eigenvalue weighted by atomic mass is 19.4. The van der Waals surface area contributed by atoms with Crippen LogP contribution in [0.5, 0.6) is 0 Å². The molecule has 0 unspecified atom stereocenters. The van der Waals surface area contributed by atoms with Gasteiger partial charge in [0.15, 0.2) is 0 Å². The van der Waals surface area contributed by atoms with E-state index in [-0.39, 0.29) is 12.5 Å². The second-order valence-electron chi connectivity index (χ2n) is 7.16. The van der Waals surface area contributed by atoms with Crippen molar-refractivity contribution < 1.29 is 18.0 Å². The van der Waals surface area contributed by atoms with Gasteiger partial charge >= 0.3 is 12.2 Å². The Hall–Kier alpha value is -1.24. The normalized spacial score (nSPS) is 26.8. The third kappa shape index (κ3) is 5.69. The zero-order chi connectivity index (χ0) is 17.7. The lowest BCUT2D eigenvalue weighted by Gasteiger charge is -2.35. The maximum absolute atomic E-state index is 13.1. The van der Waals surface area contributed by atoms with Crippen LogP contribution in [0.3, 0.4) is 0 Å². The standard InChI is InChI=1S/C17H28F3N3O/c1-12(2)11-23-9-7-13(8-10-23)21-16(24)22-15-6-4-3-5-14(15)17(18,19)20/h13-15H,1,3-11H2,2H3,(H2,21,22,24)/t14-,15+/m0/s1. The number of halogens is 3. The van der Waals surface area contributed by atoms with Crippen LogP contribution in [0.1, 0.15) is 45.4 Å². The first-order chi connectivity index (χ1) is 11.3. The first-order valence-electron chi connectivity index (χ1n) is 8.76. The van der Waals surface area contributed by atoms with Crippen molar-refractivity contribution in [1.82, 2.24) is 15.5 Å². The minimum absolute atomic E-state index is 0.0271. The van der Waals surface area contributed by atoms with E-state index in [1.165, 1.54) is 0 Å². The summed E-state index contributed by atoms with van der Waals surface area (Å²) in [6.07, 6.45) is -0.807. The average Bonchev–Trinajstić information content (AvgIpc) is 2.48. The molecule has 0 aromatic rings. The number of nitrogens with one attached hydrogen (secondary N) is 2. The molecule has 7 heteroatoms. The van der Waals surface area contributed by atoms with Crippen LogP contribution >= 0.6 is 0 Å². The summed E-state index contributed by atoms with van der Waals surface area (Å²) in [5.41, 5.74) is 1.11. The van der Waals surface area contributed by atoms with Gasteiger partial charge < -0.3 is 10.6 Å². The molecule has 4 nitrogen and oxygen atoms in total. The van der Waals surface area contributed by atoms with Gasteiger partial charge in [0.1, 0.15) is 0 Å². The molecule has 0 radical (unpaired) electrons. The van der Waals surface area contributed by atoms with Gasteiger partial charge in [0.05, 0.1) is 5.92 Å². The Morgan fingerprint density at radius 2 is 1.75 bits per heavy atom. The number of carbonyl (C=O) groups excluding carboxylic acids is 1. The highest BCUT2D eigenvalue weighted by molar-refractivity contribution is 5.74. The van der Waals surface area contributed by atoms with Gasteiger partial charge in [-0.25, -0.2) is 4.79 Å². The van der Waals surface area contributed by atoms with E-state index in [1.54, 1.807) is 0 Å². The second-order valence-corrected chi connectivity index (χ2v) is 7.16. The summed E-state index contributed by atoms with van der Waals surface area (Å²) in [7, 11) is 0. The Morgan fingerprint density at radius 3 is 2.33 bits per heavy atom. The molecule has 0 spiro atoms. The highest BCUT2D eigenvalue weighted by Gasteiger charge is 2.46. The predicted molar refractivity (Wildman–Crippen MR) is 87.7 cm³/mol. The van der Waals surface area contributed by atoms with Crippen LogP contribution in [0.2, 0.25) is 0 Å². The monoisotopic (exact) mass is 347 g/mol. The fourth-order valence-electron chi connectivity index (χ4n) is 3.71. The lowest BCUT2D eigenvalue weighted by atomic mass is 9.84. The number of hydrogen-bond acceptors (Lipinski definition) is 2. The molecule has 1 saturated carbocycles. The molecule has 24 heavy (non-hydrogen) atoms. The number of nitrogens with zero attached hydrogens (tertiary/aromatic N) is 1. The van der Waals surface area contributed by atoms with Gasteiger partial charge in [0.25, 0.3) is 0 Å². The molecule has 2 amide bonds. The molecule has 2 rings (SSSR count). The first kappa shape index (κ1) is 19.1. The summed E-state index contributed by atoms with van der Waals surface area (Å²) in [6.45, 7) is 8.47. The Bertz CT molecular complexity index is 445. The average molecular weight is 347 g/mol. The molecule has 1 aliphatic carbocycles. The highest BCUT2D eigenvalue weighted by Crippen LogP contribution is 2.37. The van der Waals surface area contributed by atoms with Crippen molar-refractivity contribution in [3.05, 3.63) is 12.2 Å². The molecule has 138 valence electrons. The SMILES string of the molecule is C=C(C)CN1CCC(NC(=O)N[C@@H]2CCCC[C@@H]2C(F)(F)F)CC1. The molecular weight excluding hydrogens is 319 g/mol. The zero-order valence-electron chi connectivity index (χ0n) is 14.3. The van der Waals surface area contributed by atoms with E-state index < -0.39 is 24.2 Å². The van der Waals surface area contributed by atoms with Gasteiger partial charge in [-0.2, -0.15) is 13.2 Å². The van der Waals surface area contributed by atoms with Gasteiger partial charge in [-0.15, -0.1) is 0 Å². The van der Waals surface area contributed by atoms with Crippen LogP contribution in [0.25, 0.3) is 0 Å². The van der Waals surface area contributed by atoms with Crippen molar-refractivity contribution in [1.29, 1.82) is 0 Å². The first-order valence-corrected chi connectivity index (χ1v) is 8.76. The third-order valence-corrected chi connectivity index (χ3v) is 4.92. The number of alkyl halides is 3. The Balaban J connectivity index is 1.77. The third-order valence-electron chi connectivity index (χ3n) is 4.92. The van der Waals surface area contributed by atoms with E-state index in [9.17, 15) is 18.0 Å². The molecule has 0 bridgehead atoms. The predicted octanol–water partition coefficient (Wildman–Crippen LogP) is 3.45. The zero-order valence-corrected chi connectivity index (χ0v) is 14.3. The molecule has 2 atom stereocenters. The van der Waals surface area contributed by atoms with Gasteiger partial charge in [-0.3, -0.25) is 4.90 Å². The summed E-state index contributed by atoms with van der Waals surface area (Å²) in [6, 6.07) is -1.24. The lowest BCUT2D eigenvalue weighted by Crippen LogP contribution is -2.54. The minimum Gasteiger partial charge on any atom is -0.335 e. The Kier molecular flexibility index (Phi) is 6.54. The van der Waals surface area contributed by atoms with Crippen molar-refractivity contribution in [2.75, 3.05) is 19.6 Å². The lowest BCUT2D eigenvalue weighted by molar-refractivity contribution is -0.187. The van der Waals surface area contributed by atoms with Crippen LogP contribution in [-0.4, -0.2) is 48.8 Å². The minimum atomic E-state index is -4.24. The maximum Gasteiger partial charge on any atom is 0.393 e. The van der Waals surface area contributed by atoms with Crippen LogP contribution < -0.4 is 10.6 Å². The summed E-state index contributed by atoms with van der Waals surface area (Å²) in [5.74, 6) is -1.42. The smallest absolute Gasteiger partial charge is 0.335 e. The summed E-state index contributed by atoms with van der Waals surface area (Å²) < 4.78 is 39.2. The molecule has 2 aliphatic rings. The summed E-state index contributed by atoms with van der Waals surface area (Å²) in [5, 5.41) is 5.41. The van der Waals surface area contributed by atoms with Crippen molar-refractivity contribution >= 4 is 6.03 Å². The van der Waals surface area contributed by atoms with Gasteiger partial charge in [-0.05, 0) is 32.6 Å². The summed E-state index contributed by atoms with van der Waals surface area (Å²) >= 11 is 0. The largest absolute Gasteiger partial charge is 0.393 e. The molecule has 0 aromatic carbocycles. The molecule has 1 saturated heterocycles. The van der Waals surface area contributed by atoms with Crippen molar-refractivity contribution in [2.24, 2.45) is 5.92 Å². The van der Waals surface area contributed by atoms with E-state index in [2.05, 4.69) is 22.1 Å². The molecule has 2 N–H and O–H groups in total. The van der Waals surface area contributed by atoms with E-state index >= 15 is 0 Å². The number of hydrogen-bond donors (Lipinski definition) is 2. The fourth-order valence-corrected chi connectivity index (χ4v) is 3.71. The van der Waals surface area contributed by atoms with Crippen LogP contribution in [0.15, 0.2) is 12.2 Å². The number of amides is 2. The number of rotatable bonds is 4. The van der Waals surface area contributed by atoms with Gasteiger partial charge in [0, 0.05) is 31.7 Å². The summed E-state index contributed by atoms with van der Waals surface area (Å²) in [4.78, 5) is 14.4. The quantitative estimate of drug-likeness (QED) is 0.765. The van der Waals surface area contributed by atoms with Crippen LogP contribution in [0, 0.1) is 5.92 Å². The van der Waals surface area contributed by atoms with Gasteiger partial charge in [-0.1, -0.05) is 25.0 Å². The van der Waals surface area contributed by atoms with Crippen molar-refractivity contribution in [3.8, 4) is 0 Å². The topological polar surface area (TPSA) is 44.4 Å². The molecule has 1 aliphatic heterocycles. The van der Waals surface area contributed by atoms with Gasteiger partial charge in [0.2, 0.25) is 0 Å². The Labute approximate surface area is 141 Å². The van der Waals surface area contributed by atoms with E-state index in [0.717, 1.165) is 44.5 Å². The number of carbonyl (C=O) groups is 1. The van der Waals surface area contributed by atoms with Crippen molar-refractivity contribution in [2.45, 2.75) is 63.7 Å².